The van der Waals surface area contributed by atoms with Crippen LogP contribution < -0.4 is 0 Å². The van der Waals surface area contributed by atoms with E-state index in [1.807, 2.05) is 0 Å². The molecule has 5 rings (SSSR count). The van der Waals surface area contributed by atoms with Crippen LogP contribution >= 0.6 is 0 Å². The number of carbonyl (C=O) groups excluding carboxylic acids is 1. The van der Waals surface area contributed by atoms with Gasteiger partial charge in [-0.3, -0.25) is 14.6 Å². The third-order valence-corrected chi connectivity index (χ3v) is 7.74. The van der Waals surface area contributed by atoms with Crippen molar-refractivity contribution < 1.29 is 4.79 Å². The predicted octanol–water partition coefficient (Wildman–Crippen LogP) is 3.03. The largest absolute Gasteiger partial charge is 0.341 e. The predicted molar refractivity (Wildman–Crippen MR) is 112 cm³/mol. The number of likely N-dealkylation sites (tertiary alicyclic amines) is 2. The lowest BCUT2D eigenvalue weighted by Crippen LogP contribution is -2.63. The first-order chi connectivity index (χ1) is 13.8. The SMILES string of the molecule is O=C(CN1CCCC1)N1C[C@@H]2C[C@H](C1)[C@@H]1CCC[C@H](Cc3ccccc3)N1C2. The molecule has 1 aromatic carbocycles. The molecule has 0 spiro atoms. The summed E-state index contributed by atoms with van der Waals surface area (Å²) in [5, 5.41) is 0. The normalized spacial score (nSPS) is 33.6. The molecule has 4 aliphatic heterocycles. The molecule has 4 heteroatoms. The molecule has 1 aromatic rings. The maximum absolute atomic E-state index is 12.9. The molecule has 4 saturated heterocycles. The first kappa shape index (κ1) is 18.6. The summed E-state index contributed by atoms with van der Waals surface area (Å²) < 4.78 is 0. The van der Waals surface area contributed by atoms with Crippen LogP contribution in [0.1, 0.15) is 44.1 Å². The Morgan fingerprint density at radius 3 is 2.61 bits per heavy atom. The fraction of sp³-hybridized carbons (Fsp3) is 0.708. The van der Waals surface area contributed by atoms with Crippen LogP contribution in [0.4, 0.5) is 0 Å². The molecule has 4 atom stereocenters. The van der Waals surface area contributed by atoms with E-state index in [-0.39, 0.29) is 0 Å². The summed E-state index contributed by atoms with van der Waals surface area (Å²) in [4.78, 5) is 20.4. The minimum absolute atomic E-state index is 0.390. The van der Waals surface area contributed by atoms with Crippen LogP contribution in [0.3, 0.4) is 0 Å². The van der Waals surface area contributed by atoms with Crippen LogP contribution in [0.5, 0.6) is 0 Å². The van der Waals surface area contributed by atoms with E-state index in [0.29, 0.717) is 36.4 Å². The van der Waals surface area contributed by atoms with Gasteiger partial charge in [-0.1, -0.05) is 36.8 Å². The quantitative estimate of drug-likeness (QED) is 0.802. The second kappa shape index (κ2) is 8.16. The summed E-state index contributed by atoms with van der Waals surface area (Å²) in [6, 6.07) is 12.4. The van der Waals surface area contributed by atoms with Crippen molar-refractivity contribution in [1.82, 2.24) is 14.7 Å². The monoisotopic (exact) mass is 381 g/mol. The Morgan fingerprint density at radius 1 is 0.964 bits per heavy atom. The van der Waals surface area contributed by atoms with Gasteiger partial charge in [-0.05, 0) is 69.0 Å². The molecule has 1 amide bonds. The average Bonchev–Trinajstić information content (AvgIpc) is 3.22. The molecule has 0 aliphatic carbocycles. The van der Waals surface area contributed by atoms with E-state index < -0.39 is 0 Å². The molecule has 152 valence electrons. The minimum atomic E-state index is 0.390. The van der Waals surface area contributed by atoms with Gasteiger partial charge < -0.3 is 4.90 Å². The molecule has 4 fully saturated rings. The van der Waals surface area contributed by atoms with Crippen LogP contribution in [0.2, 0.25) is 0 Å². The summed E-state index contributed by atoms with van der Waals surface area (Å²) in [6.45, 7) is 6.08. The summed E-state index contributed by atoms with van der Waals surface area (Å²) in [6.07, 6.45) is 9.07. The van der Waals surface area contributed by atoms with Gasteiger partial charge in [0.2, 0.25) is 5.91 Å². The van der Waals surface area contributed by atoms with Gasteiger partial charge in [0.05, 0.1) is 6.54 Å². The molecule has 4 heterocycles. The lowest BCUT2D eigenvalue weighted by Gasteiger charge is -2.55. The molecule has 0 unspecified atom stereocenters. The van der Waals surface area contributed by atoms with Gasteiger partial charge in [-0.15, -0.1) is 0 Å². The van der Waals surface area contributed by atoms with E-state index in [0.717, 1.165) is 26.2 Å². The third kappa shape index (κ3) is 3.86. The molecule has 4 aliphatic rings. The molecule has 0 radical (unpaired) electrons. The summed E-state index contributed by atoms with van der Waals surface area (Å²) in [7, 11) is 0. The third-order valence-electron chi connectivity index (χ3n) is 7.74. The van der Waals surface area contributed by atoms with Gasteiger partial charge in [-0.2, -0.15) is 0 Å². The van der Waals surface area contributed by atoms with Crippen molar-refractivity contribution >= 4 is 5.91 Å². The van der Waals surface area contributed by atoms with Crippen LogP contribution in [0, 0.1) is 11.8 Å². The van der Waals surface area contributed by atoms with Gasteiger partial charge in [0.25, 0.3) is 0 Å². The van der Waals surface area contributed by atoms with E-state index in [1.165, 1.54) is 57.1 Å². The van der Waals surface area contributed by atoms with E-state index in [4.69, 9.17) is 0 Å². The van der Waals surface area contributed by atoms with Gasteiger partial charge >= 0.3 is 0 Å². The van der Waals surface area contributed by atoms with E-state index in [2.05, 4.69) is 45.0 Å². The summed E-state index contributed by atoms with van der Waals surface area (Å²) >= 11 is 0. The van der Waals surface area contributed by atoms with Crippen molar-refractivity contribution in [3.8, 4) is 0 Å². The number of carbonyl (C=O) groups is 1. The van der Waals surface area contributed by atoms with Crippen molar-refractivity contribution in [1.29, 1.82) is 0 Å². The van der Waals surface area contributed by atoms with Crippen molar-refractivity contribution in [2.24, 2.45) is 11.8 Å². The highest BCUT2D eigenvalue weighted by atomic mass is 16.2. The smallest absolute Gasteiger partial charge is 0.236 e. The lowest BCUT2D eigenvalue weighted by molar-refractivity contribution is -0.139. The van der Waals surface area contributed by atoms with Crippen molar-refractivity contribution in [3.63, 3.8) is 0 Å². The molecule has 28 heavy (non-hydrogen) atoms. The number of piperidine rings is 3. The van der Waals surface area contributed by atoms with Gasteiger partial charge in [0.15, 0.2) is 0 Å². The standard InChI is InChI=1S/C24H35N3O/c28-24(18-25-11-4-5-12-25)26-15-20-13-21(17-26)23-10-6-9-22(27(23)16-20)14-19-7-2-1-3-8-19/h1-3,7-8,20-23H,4-6,9-18H2/t20-,21+,22+,23-/m0/s1. The Kier molecular flexibility index (Phi) is 5.43. The van der Waals surface area contributed by atoms with Gasteiger partial charge in [0, 0.05) is 31.7 Å². The lowest BCUT2D eigenvalue weighted by atomic mass is 9.74. The molecular formula is C24H35N3O. The second-order valence-electron chi connectivity index (χ2n) is 9.68. The fourth-order valence-electron chi connectivity index (χ4n) is 6.45. The number of amides is 1. The zero-order valence-corrected chi connectivity index (χ0v) is 17.1. The molecule has 4 nitrogen and oxygen atoms in total. The molecule has 0 saturated carbocycles. The van der Waals surface area contributed by atoms with Crippen LogP contribution in [-0.2, 0) is 11.2 Å². The maximum atomic E-state index is 12.9. The minimum Gasteiger partial charge on any atom is -0.341 e. The van der Waals surface area contributed by atoms with E-state index >= 15 is 0 Å². The number of rotatable bonds is 4. The molecule has 0 N–H and O–H groups in total. The highest BCUT2D eigenvalue weighted by Gasteiger charge is 2.45. The first-order valence-electron chi connectivity index (χ1n) is 11.6. The van der Waals surface area contributed by atoms with Gasteiger partial charge in [0.1, 0.15) is 0 Å². The number of benzene rings is 1. The summed E-state index contributed by atoms with van der Waals surface area (Å²) in [5.41, 5.74) is 1.48. The maximum Gasteiger partial charge on any atom is 0.236 e. The van der Waals surface area contributed by atoms with Crippen LogP contribution in [0.15, 0.2) is 30.3 Å². The van der Waals surface area contributed by atoms with E-state index in [1.54, 1.807) is 0 Å². The van der Waals surface area contributed by atoms with Crippen molar-refractivity contribution in [2.45, 2.75) is 57.0 Å². The van der Waals surface area contributed by atoms with E-state index in [9.17, 15) is 4.79 Å². The molecule has 2 bridgehead atoms. The Morgan fingerprint density at radius 2 is 1.79 bits per heavy atom. The molecular weight excluding hydrogens is 346 g/mol. The highest BCUT2D eigenvalue weighted by Crippen LogP contribution is 2.40. The zero-order chi connectivity index (χ0) is 18.9. The number of nitrogens with zero attached hydrogens (tertiary/aromatic N) is 3. The second-order valence-corrected chi connectivity index (χ2v) is 9.68. The van der Waals surface area contributed by atoms with Crippen LogP contribution in [0.25, 0.3) is 0 Å². The fourth-order valence-corrected chi connectivity index (χ4v) is 6.45. The Balaban J connectivity index is 1.24. The average molecular weight is 382 g/mol. The van der Waals surface area contributed by atoms with Crippen molar-refractivity contribution in [3.05, 3.63) is 35.9 Å². The van der Waals surface area contributed by atoms with Gasteiger partial charge in [-0.25, -0.2) is 0 Å². The Labute approximate surface area is 169 Å². The topological polar surface area (TPSA) is 26.8 Å². The molecule has 0 aromatic heterocycles. The Hall–Kier alpha value is -1.39. The van der Waals surface area contributed by atoms with Crippen molar-refractivity contribution in [2.75, 3.05) is 39.3 Å². The highest BCUT2D eigenvalue weighted by molar-refractivity contribution is 5.78. The van der Waals surface area contributed by atoms with Crippen LogP contribution in [-0.4, -0.2) is 72.0 Å². The first-order valence-corrected chi connectivity index (χ1v) is 11.6. The number of hydrogen-bond donors (Lipinski definition) is 0. The number of fused-ring (bicyclic) bond motifs is 4. The zero-order valence-electron chi connectivity index (χ0n) is 17.1. The Bertz CT molecular complexity index is 672. The summed E-state index contributed by atoms with van der Waals surface area (Å²) in [5.74, 6) is 1.75. The number of hydrogen-bond acceptors (Lipinski definition) is 3.